The van der Waals surface area contributed by atoms with Crippen LogP contribution in [-0.2, 0) is 99.9 Å². The lowest BCUT2D eigenvalue weighted by atomic mass is 9.75. The van der Waals surface area contributed by atoms with Gasteiger partial charge in [0.25, 0.3) is 23.4 Å². The highest BCUT2D eigenvalue weighted by Gasteiger charge is 2.56. The van der Waals surface area contributed by atoms with Gasteiger partial charge in [-0.1, -0.05) is 175 Å². The molecule has 0 aromatic carbocycles. The van der Waals surface area contributed by atoms with Gasteiger partial charge in [-0.3, -0.25) is 38.4 Å². The zero-order valence-corrected chi connectivity index (χ0v) is 86.8. The number of hydrogen-bond donors (Lipinski definition) is 4. The van der Waals surface area contributed by atoms with Gasteiger partial charge in [-0.2, -0.15) is 0 Å². The third-order valence-electron chi connectivity index (χ3n) is 30.0. The number of carbonyl (C=O) groups is 10. The molecule has 27 nitrogen and oxygen atoms in total. The van der Waals surface area contributed by atoms with Gasteiger partial charge in [-0.05, 0) is 220 Å². The zero-order chi connectivity index (χ0) is 101. The second-order valence-electron chi connectivity index (χ2n) is 40.6. The average molecular weight is 1930 g/mol. The number of amides is 2. The molecule has 0 radical (unpaired) electrons. The quantitative estimate of drug-likeness (QED) is 0.0543. The summed E-state index contributed by atoms with van der Waals surface area (Å²) < 4.78 is 71.7. The van der Waals surface area contributed by atoms with E-state index in [1.807, 2.05) is 130 Å². The van der Waals surface area contributed by atoms with Gasteiger partial charge in [0.2, 0.25) is 11.6 Å². The predicted molar refractivity (Wildman–Crippen MR) is 527 cm³/mol. The second-order valence-corrected chi connectivity index (χ2v) is 42.2. The molecular weight excluding hydrogens is 1760 g/mol. The molecule has 0 spiro atoms. The van der Waals surface area contributed by atoms with Gasteiger partial charge in [0.15, 0.2) is 17.7 Å². The molecule has 8 aliphatic rings. The largest absolute Gasteiger partial charge is 0.460 e. The van der Waals surface area contributed by atoms with Gasteiger partial charge in [0.05, 0.1) is 36.6 Å². The average Bonchev–Trinajstić information content (AvgIpc) is 0.774. The van der Waals surface area contributed by atoms with Gasteiger partial charge in [-0.25, -0.2) is 9.59 Å². The number of aliphatic hydroxyl groups excluding tert-OH is 2. The highest BCUT2D eigenvalue weighted by molar-refractivity contribution is 7.43. The van der Waals surface area contributed by atoms with Crippen LogP contribution in [0.5, 0.6) is 0 Å². The highest BCUT2D eigenvalue weighted by Crippen LogP contribution is 2.44. The van der Waals surface area contributed by atoms with Crippen molar-refractivity contribution in [3.63, 3.8) is 0 Å². The fourth-order valence-electron chi connectivity index (χ4n) is 21.1. The third-order valence-corrected chi connectivity index (χ3v) is 31.0. The highest BCUT2D eigenvalue weighted by atomic mass is 31.1. The molecule has 5 unspecified atom stereocenters. The van der Waals surface area contributed by atoms with Crippen molar-refractivity contribution in [2.45, 2.75) is 376 Å². The van der Waals surface area contributed by atoms with E-state index in [1.165, 1.54) is 24.0 Å². The summed E-state index contributed by atoms with van der Waals surface area (Å²) in [7, 11) is 8.00. The summed E-state index contributed by atoms with van der Waals surface area (Å²) in [5, 5.41) is 46.8. The summed E-state index contributed by atoms with van der Waals surface area (Å²) in [5.41, 5.74) is 2.57. The molecule has 6 fully saturated rings. The molecule has 2 aliphatic carbocycles. The number of piperidine rings is 2. The van der Waals surface area contributed by atoms with Gasteiger partial charge >= 0.3 is 19.7 Å². The Labute approximate surface area is 814 Å². The number of esters is 2. The Bertz CT molecular complexity index is 4150. The number of allylic oxidation sites excluding steroid dienone is 12. The zero-order valence-electron chi connectivity index (χ0n) is 85.9. The molecule has 770 valence electrons. The number of Topliss-reactive ketones (excluding diaryl/α,β-unsaturated/α-hetero) is 6. The van der Waals surface area contributed by atoms with Crippen LogP contribution in [-0.4, -0.2) is 254 Å². The maximum atomic E-state index is 14.5. The predicted octanol–water partition coefficient (Wildman–Crippen LogP) is 17.0. The van der Waals surface area contributed by atoms with Gasteiger partial charge in [0, 0.05) is 123 Å². The van der Waals surface area contributed by atoms with E-state index in [0.29, 0.717) is 113 Å². The minimum Gasteiger partial charge on any atom is -0.460 e. The first-order chi connectivity index (χ1) is 63.9. The number of fused-ring (bicyclic) bond motifs is 6. The van der Waals surface area contributed by atoms with E-state index in [1.54, 1.807) is 88.8 Å². The Hall–Kier alpha value is -6.56. The van der Waals surface area contributed by atoms with Crippen LogP contribution >= 0.6 is 7.80 Å². The first-order valence-electron chi connectivity index (χ1n) is 50.3. The van der Waals surface area contributed by atoms with E-state index in [4.69, 9.17) is 47.4 Å². The summed E-state index contributed by atoms with van der Waals surface area (Å²) in [5.74, 6) is -14.8. The molecule has 6 heterocycles. The molecule has 4 bridgehead atoms. The minimum absolute atomic E-state index is 0. The summed E-state index contributed by atoms with van der Waals surface area (Å²) in [4.78, 5) is 144. The van der Waals surface area contributed by atoms with Crippen molar-refractivity contribution in [3.05, 3.63) is 95.2 Å². The van der Waals surface area contributed by atoms with Crippen LogP contribution in [0.25, 0.3) is 0 Å². The lowest BCUT2D eigenvalue weighted by molar-refractivity contribution is -0.265. The van der Waals surface area contributed by atoms with Crippen LogP contribution in [0.2, 0.25) is 0 Å². The first-order valence-corrected chi connectivity index (χ1v) is 52.2. The van der Waals surface area contributed by atoms with Crippen molar-refractivity contribution in [1.82, 2.24) is 9.80 Å². The van der Waals surface area contributed by atoms with E-state index >= 15 is 0 Å². The first kappa shape index (κ1) is 120. The lowest BCUT2D eigenvalue weighted by Gasteiger charge is -2.42. The molecule has 31 atom stereocenters. The topological polar surface area (TPSA) is 367 Å². The van der Waals surface area contributed by atoms with Gasteiger partial charge < -0.3 is 77.6 Å². The molecule has 6 aliphatic heterocycles. The number of ether oxygens (including phenoxy) is 10. The molecule has 2 saturated carbocycles. The summed E-state index contributed by atoms with van der Waals surface area (Å²) >= 11 is 0. The Morgan fingerprint density at radius 2 is 0.846 bits per heavy atom. The number of methoxy groups -OCH3 is 6. The van der Waals surface area contributed by atoms with Gasteiger partial charge in [-0.15, -0.1) is 0 Å². The number of aliphatic hydroxyl groups is 4. The minimum atomic E-state index is -2.43. The Kier molecular flexibility index (Phi) is 51.3. The van der Waals surface area contributed by atoms with Crippen molar-refractivity contribution >= 4 is 66.3 Å². The van der Waals surface area contributed by atoms with Crippen LogP contribution in [0, 0.1) is 82.9 Å². The van der Waals surface area contributed by atoms with Crippen LogP contribution in [0.3, 0.4) is 0 Å². The van der Waals surface area contributed by atoms with Crippen LogP contribution in [0.1, 0.15) is 279 Å². The molecule has 0 aromatic rings. The van der Waals surface area contributed by atoms with E-state index in [0.717, 1.165) is 49.7 Å². The third kappa shape index (κ3) is 33.8. The second kappa shape index (κ2) is 58.1. The normalized spacial score (nSPS) is 37.8. The molecule has 4 N–H and O–H groups in total. The summed E-state index contributed by atoms with van der Waals surface area (Å²) in [6, 6.07) is -2.24. The number of ketones is 6. The molecule has 28 heteroatoms. The molecule has 4 saturated heterocycles. The van der Waals surface area contributed by atoms with Crippen LogP contribution in [0.15, 0.2) is 95.2 Å². The fraction of sp³-hybridized carbons (Fsp3) is 0.759. The van der Waals surface area contributed by atoms with E-state index in [-0.39, 0.29) is 123 Å². The number of cyclic esters (lactones) is 2. The molecule has 2 amide bonds. The standard InChI is InChI=1S/C53H83NO13P.C52H81NO12.C2H6.CH4/c1-32-17-13-12-14-18-33(2)44(63-8)29-41-23-20-38(7)53(61,67-41)50(58)51(59)54-24-16-15-19-42(54)52(60)66-45(35(4)27-39-21-22-40(31-68(11)62)46(28-39)64-9)30-43(55)34(3)26-37(6)48(57)49(65-10)47(56)36(5)25-32;1-31-17-13-12-14-18-32(2)44(62-10)29-40-23-21-38(8)52(60,65-40)49(57)50(58)53-24-16-15-19-41(53)51(59)64-45(35(5)27-39-22-20-33(3)43(28-39)61-9)30-42(54)34(4)26-37(7)47(56)48(63-11)46(55)36(6)25-31;1-2;/h12-14,17-18,26,32,34-36,38-42,44-46,48-49,57,61H,15-16,19-25,27-31H2,1-11H3;12-14,17-18,26,31,33-36,38-41,43-45,47-48,56,60H,15-16,19-25,27-30H2,1-11H3;1-2H3;1H4/q+1;;;/b14-12?,17-13+,33-18?,37-26+;14-12?,17-13+,32-18?,37-26+;;/t32-,34-,35-,36-,38-,39+,40?,41+,42+,44+,45?,46-,48-,49+,53-;31-,33?,34-,35-,36-,38-,39+,40+,41+,43-,44+,45?,47-,48+,52-;;/m11../s1. The smallest absolute Gasteiger partial charge is 0.335 e. The SMILES string of the molecule is C.CC.CO[C@H]1C[C@@H]2CC[C@@H](C)[C@@](O)(O2)C(=O)C(=O)N2CCCC[C@H]2C(=O)OC([C@H](C)C[C@@H]2CCC(C)[C@H](OC)C2)CC(=O)[C@H](C)/C=C(\C)[C@@H](O)[C@@H](OC)C(=O)[C@H](C)C[C@H](C)/C=C/C=CC=C1C.CO[C@H]1C[C@@H]2CC[C@@H](C)[C@@](O)(O2)C(=O)C(=O)N2CCCC[C@H]2C(=O)OC([C@H](C)C[C@@H]2CCC(C[P+](C)=O)[C@H](OC)C2)CC(=O)[C@H](C)/C=C(\C)[C@@H](O)[C@@H](OC)C(=O)[C@H](C)C[C@H](C)/C=C/C=CC=C1C. The monoisotopic (exact) mass is 1930 g/mol. The summed E-state index contributed by atoms with van der Waals surface area (Å²) in [6.45, 7) is 33.6. The van der Waals surface area contributed by atoms with E-state index < -0.39 is 163 Å². The van der Waals surface area contributed by atoms with Crippen molar-refractivity contribution in [1.29, 1.82) is 0 Å². The van der Waals surface area contributed by atoms with Crippen LogP contribution in [0.4, 0.5) is 0 Å². The number of nitrogens with zero attached hydrogens (tertiary/aromatic N) is 2. The molecular formula is C108H174N2O25P+. The number of rotatable bonds is 14. The lowest BCUT2D eigenvalue weighted by Crippen LogP contribution is -2.61. The van der Waals surface area contributed by atoms with Crippen molar-refractivity contribution in [3.8, 4) is 0 Å². The Morgan fingerprint density at radius 3 is 1.21 bits per heavy atom. The van der Waals surface area contributed by atoms with Gasteiger partial charge in [0.1, 0.15) is 66.9 Å². The summed E-state index contributed by atoms with van der Waals surface area (Å²) in [6.07, 6.45) is 26.9. The maximum absolute atomic E-state index is 14.5. The van der Waals surface area contributed by atoms with E-state index in [2.05, 4.69) is 6.92 Å². The molecule has 8 rings (SSSR count). The number of hydrogen-bond acceptors (Lipinski definition) is 25. The fourth-order valence-corrected chi connectivity index (χ4v) is 22.2. The van der Waals surface area contributed by atoms with E-state index in [9.17, 15) is 72.9 Å². The molecule has 136 heavy (non-hydrogen) atoms. The van der Waals surface area contributed by atoms with Crippen molar-refractivity contribution < 1.29 is 120 Å². The van der Waals surface area contributed by atoms with Crippen molar-refractivity contribution in [2.75, 3.05) is 68.6 Å². The van der Waals surface area contributed by atoms with Crippen LogP contribution < -0.4 is 0 Å². The Balaban J connectivity index is 0.000000469. The van der Waals surface area contributed by atoms with Crippen molar-refractivity contribution in [2.24, 2.45) is 82.9 Å². The number of carbonyl (C=O) groups excluding carboxylic acids is 10. The Morgan fingerprint density at radius 1 is 0.463 bits per heavy atom. The maximum Gasteiger partial charge on any atom is 0.335 e. The molecule has 0 aromatic heterocycles.